The Morgan fingerprint density at radius 3 is 2.66 bits per heavy atom. The number of rotatable bonds is 6. The Kier molecular flexibility index (Phi) is 5.87. The lowest BCUT2D eigenvalue weighted by Crippen LogP contribution is -2.18. The van der Waals surface area contributed by atoms with Crippen molar-refractivity contribution in [2.24, 2.45) is 4.99 Å². The highest BCUT2D eigenvalue weighted by Gasteiger charge is 2.18. The van der Waals surface area contributed by atoms with Crippen LogP contribution in [-0.4, -0.2) is 29.3 Å². The highest BCUT2D eigenvalue weighted by Crippen LogP contribution is 2.37. The molecule has 1 amide bonds. The number of carbonyl (C=O) groups excluding carboxylic acids is 1. The van der Waals surface area contributed by atoms with Crippen LogP contribution in [0.3, 0.4) is 0 Å². The molecule has 5 rings (SSSR count). The van der Waals surface area contributed by atoms with E-state index in [9.17, 15) is 4.79 Å². The molecule has 3 aromatic carbocycles. The van der Waals surface area contributed by atoms with E-state index in [-0.39, 0.29) is 12.7 Å². The van der Waals surface area contributed by atoms with E-state index in [1.165, 1.54) is 11.3 Å². The van der Waals surface area contributed by atoms with Gasteiger partial charge in [-0.05, 0) is 36.6 Å². The molecule has 4 aromatic rings. The van der Waals surface area contributed by atoms with Gasteiger partial charge in [0, 0.05) is 30.0 Å². The van der Waals surface area contributed by atoms with Crippen molar-refractivity contribution in [3.8, 4) is 23.0 Å². The van der Waals surface area contributed by atoms with E-state index in [1.54, 1.807) is 30.0 Å². The maximum absolute atomic E-state index is 13.0. The quantitative estimate of drug-likeness (QED) is 0.386. The molecule has 1 aliphatic rings. The Morgan fingerprint density at radius 2 is 1.84 bits per heavy atom. The molecule has 162 valence electrons. The Labute approximate surface area is 193 Å². The summed E-state index contributed by atoms with van der Waals surface area (Å²) < 4.78 is 20.0. The lowest BCUT2D eigenvalue weighted by molar-refractivity contribution is 0.0997. The smallest absolute Gasteiger partial charge is 0.279 e. The highest BCUT2D eigenvalue weighted by atomic mass is 32.2. The first kappa shape index (κ1) is 20.7. The largest absolute Gasteiger partial charge is 0.457 e. The molecule has 0 radical (unpaired) electrons. The van der Waals surface area contributed by atoms with Gasteiger partial charge in [0.1, 0.15) is 11.5 Å². The summed E-state index contributed by atoms with van der Waals surface area (Å²) in [7, 11) is 0. The number of fused-ring (bicyclic) bond motifs is 2. The molecule has 0 spiro atoms. The van der Waals surface area contributed by atoms with Crippen molar-refractivity contribution in [2.75, 3.05) is 18.8 Å². The van der Waals surface area contributed by atoms with E-state index in [0.29, 0.717) is 21.9 Å². The third kappa shape index (κ3) is 4.24. The molecule has 0 aliphatic carbocycles. The fraction of sp³-hybridized carbons (Fsp3) is 0.167. The zero-order valence-corrected chi connectivity index (χ0v) is 18.9. The molecule has 0 saturated heterocycles. The SMILES string of the molecule is CSCCn1c(=NC(=O)c2cccc(Oc3ccccc3)c2)sc2cc3c(cc21)OCO3. The normalized spacial score (nSPS) is 13.0. The molecule has 2 heterocycles. The van der Waals surface area contributed by atoms with Gasteiger partial charge < -0.3 is 18.8 Å². The van der Waals surface area contributed by atoms with Crippen LogP contribution in [0.1, 0.15) is 10.4 Å². The second-order valence-corrected chi connectivity index (χ2v) is 9.06. The topological polar surface area (TPSA) is 62.1 Å². The van der Waals surface area contributed by atoms with Gasteiger partial charge in [0.05, 0.1) is 10.2 Å². The maximum Gasteiger partial charge on any atom is 0.279 e. The average Bonchev–Trinajstić information content (AvgIpc) is 3.40. The van der Waals surface area contributed by atoms with E-state index >= 15 is 0 Å². The molecule has 6 nitrogen and oxygen atoms in total. The summed E-state index contributed by atoms with van der Waals surface area (Å²) in [5.74, 6) is 3.34. The monoisotopic (exact) mass is 464 g/mol. The van der Waals surface area contributed by atoms with Crippen molar-refractivity contribution in [2.45, 2.75) is 6.54 Å². The zero-order valence-electron chi connectivity index (χ0n) is 17.3. The number of benzene rings is 3. The van der Waals surface area contributed by atoms with Gasteiger partial charge in [-0.25, -0.2) is 0 Å². The van der Waals surface area contributed by atoms with Crippen LogP contribution in [0.25, 0.3) is 10.2 Å². The van der Waals surface area contributed by atoms with Gasteiger partial charge >= 0.3 is 0 Å². The van der Waals surface area contributed by atoms with Gasteiger partial charge in [-0.2, -0.15) is 16.8 Å². The van der Waals surface area contributed by atoms with Crippen LogP contribution in [0.15, 0.2) is 71.7 Å². The molecule has 32 heavy (non-hydrogen) atoms. The summed E-state index contributed by atoms with van der Waals surface area (Å²) in [5.41, 5.74) is 1.46. The zero-order chi connectivity index (χ0) is 21.9. The summed E-state index contributed by atoms with van der Waals surface area (Å²) in [6.45, 7) is 0.971. The Balaban J connectivity index is 1.50. The number of carbonyl (C=O) groups is 1. The number of para-hydroxylation sites is 1. The molecule has 0 bridgehead atoms. The number of hydrogen-bond donors (Lipinski definition) is 0. The predicted molar refractivity (Wildman–Crippen MR) is 127 cm³/mol. The summed E-state index contributed by atoms with van der Waals surface area (Å²) in [6, 6.07) is 20.5. The predicted octanol–water partition coefficient (Wildman–Crippen LogP) is 5.33. The summed E-state index contributed by atoms with van der Waals surface area (Å²) in [6.07, 6.45) is 2.06. The molecule has 1 aliphatic heterocycles. The molecule has 1 aromatic heterocycles. The van der Waals surface area contributed by atoms with Gasteiger partial charge in [-0.1, -0.05) is 35.6 Å². The molecular weight excluding hydrogens is 444 g/mol. The first-order chi connectivity index (χ1) is 15.7. The number of aryl methyl sites for hydroxylation is 1. The molecule has 0 saturated carbocycles. The molecule has 8 heteroatoms. The first-order valence-electron chi connectivity index (χ1n) is 10.1. The minimum absolute atomic E-state index is 0.231. The van der Waals surface area contributed by atoms with Crippen LogP contribution >= 0.6 is 23.1 Å². The lowest BCUT2D eigenvalue weighted by Gasteiger charge is -2.06. The van der Waals surface area contributed by atoms with Gasteiger partial charge in [0.25, 0.3) is 5.91 Å². The van der Waals surface area contributed by atoms with Crippen LogP contribution < -0.4 is 19.0 Å². The standard InChI is InChI=1S/C24H20N2O4S2/c1-31-11-10-26-19-13-20-21(29-15-28-20)14-22(19)32-24(26)25-23(27)16-6-5-9-18(12-16)30-17-7-3-2-4-8-17/h2-9,12-14H,10-11,15H2,1H3. The van der Waals surface area contributed by atoms with Crippen molar-refractivity contribution in [3.05, 3.63) is 77.1 Å². The van der Waals surface area contributed by atoms with Crippen molar-refractivity contribution in [1.29, 1.82) is 0 Å². The van der Waals surface area contributed by atoms with E-state index in [1.807, 2.05) is 48.5 Å². The van der Waals surface area contributed by atoms with Crippen molar-refractivity contribution < 1.29 is 19.0 Å². The number of aromatic nitrogens is 1. The summed E-state index contributed by atoms with van der Waals surface area (Å²) in [4.78, 5) is 18.2. The van der Waals surface area contributed by atoms with Crippen LogP contribution in [0.2, 0.25) is 0 Å². The number of thiazole rings is 1. The maximum atomic E-state index is 13.0. The van der Waals surface area contributed by atoms with E-state index in [4.69, 9.17) is 14.2 Å². The average molecular weight is 465 g/mol. The number of amides is 1. The Bertz CT molecular complexity index is 1350. The van der Waals surface area contributed by atoms with Gasteiger partial charge in [0.15, 0.2) is 16.3 Å². The van der Waals surface area contributed by atoms with E-state index in [2.05, 4.69) is 15.8 Å². The Hall–Kier alpha value is -3.23. The Morgan fingerprint density at radius 1 is 1.06 bits per heavy atom. The number of nitrogens with zero attached hydrogens (tertiary/aromatic N) is 2. The third-order valence-corrected chi connectivity index (χ3v) is 6.59. The van der Waals surface area contributed by atoms with Crippen LogP contribution in [0.5, 0.6) is 23.0 Å². The lowest BCUT2D eigenvalue weighted by atomic mass is 10.2. The highest BCUT2D eigenvalue weighted by molar-refractivity contribution is 7.98. The second kappa shape index (κ2) is 9.10. The number of ether oxygens (including phenoxy) is 3. The number of thioether (sulfide) groups is 1. The van der Waals surface area contributed by atoms with Crippen LogP contribution in [0, 0.1) is 0 Å². The summed E-state index contributed by atoms with van der Waals surface area (Å²) in [5, 5.41) is 0. The molecule has 0 fully saturated rings. The molecule has 0 atom stereocenters. The third-order valence-electron chi connectivity index (χ3n) is 4.95. The van der Waals surface area contributed by atoms with Crippen molar-refractivity contribution in [1.82, 2.24) is 4.57 Å². The molecule has 0 N–H and O–H groups in total. The minimum atomic E-state index is -0.312. The number of hydrogen-bond acceptors (Lipinski definition) is 6. The van der Waals surface area contributed by atoms with Crippen LogP contribution in [0.4, 0.5) is 0 Å². The fourth-order valence-corrected chi connectivity index (χ4v) is 4.84. The molecular formula is C24H20N2O4S2. The van der Waals surface area contributed by atoms with Gasteiger partial charge in [-0.15, -0.1) is 0 Å². The molecule has 0 unspecified atom stereocenters. The van der Waals surface area contributed by atoms with E-state index in [0.717, 1.165) is 34.0 Å². The fourth-order valence-electron chi connectivity index (χ4n) is 3.41. The minimum Gasteiger partial charge on any atom is -0.457 e. The van der Waals surface area contributed by atoms with E-state index < -0.39 is 0 Å². The van der Waals surface area contributed by atoms with Crippen LogP contribution in [-0.2, 0) is 6.54 Å². The van der Waals surface area contributed by atoms with Crippen molar-refractivity contribution in [3.63, 3.8) is 0 Å². The summed E-state index contributed by atoms with van der Waals surface area (Å²) >= 11 is 3.21. The van der Waals surface area contributed by atoms with Gasteiger partial charge in [-0.3, -0.25) is 4.79 Å². The van der Waals surface area contributed by atoms with Gasteiger partial charge in [0.2, 0.25) is 6.79 Å². The second-order valence-electron chi connectivity index (χ2n) is 7.06. The van der Waals surface area contributed by atoms with Crippen molar-refractivity contribution >= 4 is 39.2 Å². The first-order valence-corrected chi connectivity index (χ1v) is 12.3.